The summed E-state index contributed by atoms with van der Waals surface area (Å²) in [5.74, 6) is 0.458. The molecule has 0 bridgehead atoms. The second-order valence-corrected chi connectivity index (χ2v) is 7.16. The zero-order valence-electron chi connectivity index (χ0n) is 14.0. The first kappa shape index (κ1) is 21.0. The molecule has 134 valence electrons. The third-order valence-electron chi connectivity index (χ3n) is 4.59. The lowest BCUT2D eigenvalue weighted by Crippen LogP contribution is -2.53. The van der Waals surface area contributed by atoms with E-state index in [-0.39, 0.29) is 36.3 Å². The van der Waals surface area contributed by atoms with E-state index in [1.54, 1.807) is 17.5 Å². The molecular weight excluding hydrogens is 367 g/mol. The number of aromatic nitrogens is 2. The van der Waals surface area contributed by atoms with Gasteiger partial charge in [-0.15, -0.1) is 36.2 Å². The second kappa shape index (κ2) is 7.87. The molecule has 3 rings (SSSR count). The number of carbonyl (C=O) groups is 1. The first-order valence-corrected chi connectivity index (χ1v) is 8.45. The van der Waals surface area contributed by atoms with Crippen molar-refractivity contribution in [1.29, 1.82) is 0 Å². The zero-order valence-corrected chi connectivity index (χ0v) is 16.5. The summed E-state index contributed by atoms with van der Waals surface area (Å²) < 4.78 is 2.02. The van der Waals surface area contributed by atoms with E-state index in [2.05, 4.69) is 10.3 Å². The topological polar surface area (TPSA) is 72.9 Å². The zero-order chi connectivity index (χ0) is 15.9. The molecule has 0 aromatic carbocycles. The Labute approximate surface area is 158 Å². The Kier molecular flexibility index (Phi) is 6.87. The highest BCUT2D eigenvalue weighted by atomic mass is 35.5. The number of rotatable bonds is 5. The summed E-state index contributed by atoms with van der Waals surface area (Å²) in [6, 6.07) is 1.93. The van der Waals surface area contributed by atoms with E-state index in [1.165, 1.54) is 0 Å². The van der Waals surface area contributed by atoms with Crippen LogP contribution in [0.15, 0.2) is 17.6 Å². The van der Waals surface area contributed by atoms with Crippen LogP contribution in [-0.4, -0.2) is 27.5 Å². The van der Waals surface area contributed by atoms with Crippen LogP contribution in [0.3, 0.4) is 0 Å². The molecular formula is C16H24Cl2N4OS. The number of nitrogens with two attached hydrogens (primary N) is 1. The lowest BCUT2D eigenvalue weighted by molar-refractivity contribution is 0.0897. The maximum Gasteiger partial charge on any atom is 0.253 e. The molecule has 2 heterocycles. The van der Waals surface area contributed by atoms with Crippen LogP contribution in [0.25, 0.3) is 5.13 Å². The van der Waals surface area contributed by atoms with Crippen LogP contribution in [0.1, 0.15) is 41.5 Å². The van der Waals surface area contributed by atoms with Gasteiger partial charge in [0, 0.05) is 29.5 Å². The lowest BCUT2D eigenvalue weighted by Gasteiger charge is -2.29. The molecule has 1 aliphatic carbocycles. The number of hydrogen-bond donors (Lipinski definition) is 2. The Balaban J connectivity index is 0.00000144. The average Bonchev–Trinajstić information content (AvgIpc) is 3.14. The van der Waals surface area contributed by atoms with Crippen LogP contribution in [0.5, 0.6) is 0 Å². The van der Waals surface area contributed by atoms with E-state index >= 15 is 0 Å². The summed E-state index contributed by atoms with van der Waals surface area (Å²) in [5.41, 5.74) is 8.22. The van der Waals surface area contributed by atoms with E-state index in [0.29, 0.717) is 18.0 Å². The Hall–Kier alpha value is -1.08. The monoisotopic (exact) mass is 390 g/mol. The standard InChI is InChI=1S/C16H22N4OS.2ClH/c1-10-8-13(11(2)20(10)15-18-6-7-22-15)14(21)19-16(3,9-17)12-4-5-12;;/h6-8,12H,4-5,9,17H2,1-3H3,(H,19,21);2*1H. The fourth-order valence-corrected chi connectivity index (χ4v) is 3.73. The number of amides is 1. The highest BCUT2D eigenvalue weighted by Gasteiger charge is 2.42. The molecule has 1 unspecified atom stereocenters. The lowest BCUT2D eigenvalue weighted by atomic mass is 9.95. The molecule has 5 nitrogen and oxygen atoms in total. The number of carbonyl (C=O) groups excluding carboxylic acids is 1. The van der Waals surface area contributed by atoms with Crippen molar-refractivity contribution in [3.63, 3.8) is 0 Å². The Morgan fingerprint density at radius 3 is 2.62 bits per heavy atom. The van der Waals surface area contributed by atoms with Crippen molar-refractivity contribution in [3.8, 4) is 5.13 Å². The van der Waals surface area contributed by atoms with Crippen LogP contribution in [0.2, 0.25) is 0 Å². The van der Waals surface area contributed by atoms with Gasteiger partial charge in [0.15, 0.2) is 5.13 Å². The maximum atomic E-state index is 12.7. The molecule has 2 aromatic heterocycles. The maximum absolute atomic E-state index is 12.7. The summed E-state index contributed by atoms with van der Waals surface area (Å²) in [6.45, 7) is 6.46. The van der Waals surface area contributed by atoms with Gasteiger partial charge in [-0.05, 0) is 45.6 Å². The van der Waals surface area contributed by atoms with Gasteiger partial charge in [-0.3, -0.25) is 9.36 Å². The Morgan fingerprint density at radius 1 is 1.46 bits per heavy atom. The van der Waals surface area contributed by atoms with Gasteiger partial charge in [0.05, 0.1) is 11.1 Å². The van der Waals surface area contributed by atoms with E-state index in [4.69, 9.17) is 5.73 Å². The van der Waals surface area contributed by atoms with Crippen LogP contribution in [-0.2, 0) is 0 Å². The first-order chi connectivity index (χ1) is 10.5. The van der Waals surface area contributed by atoms with Crippen molar-refractivity contribution in [3.05, 3.63) is 34.6 Å². The molecule has 1 aliphatic rings. The molecule has 3 N–H and O–H groups in total. The van der Waals surface area contributed by atoms with Gasteiger partial charge in [0.1, 0.15) is 0 Å². The number of thiazole rings is 1. The highest BCUT2D eigenvalue weighted by molar-refractivity contribution is 7.12. The van der Waals surface area contributed by atoms with Crippen LogP contribution >= 0.6 is 36.2 Å². The highest BCUT2D eigenvalue weighted by Crippen LogP contribution is 2.39. The smallest absolute Gasteiger partial charge is 0.253 e. The molecule has 24 heavy (non-hydrogen) atoms. The quantitative estimate of drug-likeness (QED) is 0.822. The number of nitrogens with one attached hydrogen (secondary N) is 1. The molecule has 1 saturated carbocycles. The van der Waals surface area contributed by atoms with Gasteiger partial charge in [-0.2, -0.15) is 0 Å². The predicted molar refractivity (Wildman–Crippen MR) is 103 cm³/mol. The third kappa shape index (κ3) is 3.77. The fraction of sp³-hybridized carbons (Fsp3) is 0.500. The normalized spacial score (nSPS) is 15.8. The van der Waals surface area contributed by atoms with Crippen LogP contribution in [0.4, 0.5) is 0 Å². The summed E-state index contributed by atoms with van der Waals surface area (Å²) in [7, 11) is 0. The van der Waals surface area contributed by atoms with E-state index < -0.39 is 0 Å². The number of halogens is 2. The number of aryl methyl sites for hydroxylation is 1. The SMILES string of the molecule is Cc1cc(C(=O)NC(C)(CN)C2CC2)c(C)n1-c1nccs1.Cl.Cl. The molecule has 0 aliphatic heterocycles. The summed E-state index contributed by atoms with van der Waals surface area (Å²) in [6.07, 6.45) is 4.06. The fourth-order valence-electron chi connectivity index (χ4n) is 2.98. The molecule has 0 saturated heterocycles. The second-order valence-electron chi connectivity index (χ2n) is 6.28. The van der Waals surface area contributed by atoms with Gasteiger partial charge < -0.3 is 11.1 Å². The van der Waals surface area contributed by atoms with Gasteiger partial charge in [0.25, 0.3) is 5.91 Å². The van der Waals surface area contributed by atoms with Gasteiger partial charge in [-0.25, -0.2) is 4.98 Å². The van der Waals surface area contributed by atoms with E-state index in [0.717, 1.165) is 29.4 Å². The molecule has 0 spiro atoms. The van der Waals surface area contributed by atoms with E-state index in [9.17, 15) is 4.79 Å². The minimum atomic E-state index is -0.305. The minimum Gasteiger partial charge on any atom is -0.345 e. The predicted octanol–water partition coefficient (Wildman–Crippen LogP) is 3.25. The van der Waals surface area contributed by atoms with Crippen molar-refractivity contribution in [2.45, 2.75) is 39.2 Å². The number of hydrogen-bond acceptors (Lipinski definition) is 4. The van der Waals surface area contributed by atoms with Crippen LogP contribution in [0, 0.1) is 19.8 Å². The third-order valence-corrected chi connectivity index (χ3v) is 5.34. The molecule has 2 aromatic rings. The van der Waals surface area contributed by atoms with E-state index in [1.807, 2.05) is 36.8 Å². The van der Waals surface area contributed by atoms with Crippen molar-refractivity contribution in [2.75, 3.05) is 6.54 Å². The molecule has 1 atom stereocenters. The number of nitrogens with zero attached hydrogens (tertiary/aromatic N) is 2. The van der Waals surface area contributed by atoms with Gasteiger partial charge in [0.2, 0.25) is 0 Å². The van der Waals surface area contributed by atoms with Crippen molar-refractivity contribution < 1.29 is 4.79 Å². The van der Waals surface area contributed by atoms with Crippen molar-refractivity contribution >= 4 is 42.1 Å². The summed E-state index contributed by atoms with van der Waals surface area (Å²) >= 11 is 1.56. The molecule has 0 radical (unpaired) electrons. The molecule has 8 heteroatoms. The first-order valence-electron chi connectivity index (χ1n) is 7.57. The van der Waals surface area contributed by atoms with Crippen molar-refractivity contribution in [1.82, 2.24) is 14.9 Å². The van der Waals surface area contributed by atoms with Gasteiger partial charge in [-0.1, -0.05) is 0 Å². The van der Waals surface area contributed by atoms with Gasteiger partial charge >= 0.3 is 0 Å². The molecule has 1 amide bonds. The summed E-state index contributed by atoms with van der Waals surface area (Å²) in [4.78, 5) is 17.0. The Bertz CT molecular complexity index is 697. The average molecular weight is 391 g/mol. The summed E-state index contributed by atoms with van der Waals surface area (Å²) in [5, 5.41) is 5.98. The largest absolute Gasteiger partial charge is 0.345 e. The van der Waals surface area contributed by atoms with Crippen LogP contribution < -0.4 is 11.1 Å². The Morgan fingerprint density at radius 2 is 2.12 bits per heavy atom. The minimum absolute atomic E-state index is 0. The van der Waals surface area contributed by atoms with Crippen molar-refractivity contribution in [2.24, 2.45) is 11.7 Å². The molecule has 1 fully saturated rings.